The summed E-state index contributed by atoms with van der Waals surface area (Å²) >= 11 is 7.47. The summed E-state index contributed by atoms with van der Waals surface area (Å²) < 4.78 is 0. The van der Waals surface area contributed by atoms with Gasteiger partial charge in [-0.2, -0.15) is 0 Å². The second-order valence-corrected chi connectivity index (χ2v) is 8.27. The Bertz CT molecular complexity index is 955. The van der Waals surface area contributed by atoms with Crippen LogP contribution in [0.25, 0.3) is 11.3 Å². The minimum atomic E-state index is -0.262. The van der Waals surface area contributed by atoms with E-state index in [0.717, 1.165) is 16.3 Å². The number of carbonyl (C=O) groups excluding carboxylic acids is 1. The summed E-state index contributed by atoms with van der Waals surface area (Å²) in [5.74, 6) is -0.0228. The minimum Gasteiger partial charge on any atom is -0.348 e. The van der Waals surface area contributed by atoms with Crippen molar-refractivity contribution in [2.75, 3.05) is 0 Å². The Labute approximate surface area is 173 Å². The predicted molar refractivity (Wildman–Crippen MR) is 113 cm³/mol. The molecule has 0 spiro atoms. The van der Waals surface area contributed by atoms with E-state index in [-0.39, 0.29) is 18.0 Å². The fourth-order valence-corrected chi connectivity index (χ4v) is 4.05. The Kier molecular flexibility index (Phi) is 5.73. The summed E-state index contributed by atoms with van der Waals surface area (Å²) in [4.78, 5) is 17.1. The van der Waals surface area contributed by atoms with Crippen LogP contribution >= 0.6 is 22.9 Å². The van der Waals surface area contributed by atoms with Crippen LogP contribution in [-0.2, 0) is 11.3 Å². The van der Waals surface area contributed by atoms with Crippen molar-refractivity contribution in [1.29, 1.82) is 0 Å². The lowest BCUT2D eigenvalue weighted by Crippen LogP contribution is -2.42. The average Bonchev–Trinajstić information content (AvgIpc) is 3.37. The summed E-state index contributed by atoms with van der Waals surface area (Å²) in [5, 5.41) is 6.55. The first-order valence-corrected chi connectivity index (χ1v) is 10.4. The molecule has 2 aromatic carbocycles. The van der Waals surface area contributed by atoms with Gasteiger partial charge in [-0.1, -0.05) is 53.6 Å². The molecule has 7 heteroatoms. The monoisotopic (exact) mass is 412 g/mol. The van der Waals surface area contributed by atoms with Crippen molar-refractivity contribution in [3.8, 4) is 11.3 Å². The maximum atomic E-state index is 12.5. The first-order valence-electron chi connectivity index (χ1n) is 9.14. The summed E-state index contributed by atoms with van der Waals surface area (Å²) in [6.07, 6.45) is 0.711. The normalized spacial score (nSPS) is 18.9. The fourth-order valence-electron chi connectivity index (χ4n) is 3.18. The molecule has 0 aliphatic carbocycles. The zero-order valence-corrected chi connectivity index (χ0v) is 17.0. The van der Waals surface area contributed by atoms with E-state index in [2.05, 4.69) is 52.3 Å². The van der Waals surface area contributed by atoms with Crippen LogP contribution in [0.2, 0.25) is 5.02 Å². The van der Waals surface area contributed by atoms with Crippen LogP contribution in [0.3, 0.4) is 0 Å². The highest BCUT2D eigenvalue weighted by Crippen LogP contribution is 2.24. The van der Waals surface area contributed by atoms with Gasteiger partial charge in [0.2, 0.25) is 5.91 Å². The van der Waals surface area contributed by atoms with Crippen molar-refractivity contribution in [2.24, 2.45) is 0 Å². The van der Waals surface area contributed by atoms with Crippen molar-refractivity contribution < 1.29 is 4.79 Å². The Balaban J connectivity index is 1.31. The number of nitrogens with one attached hydrogen (secondary N) is 3. The molecule has 4 rings (SSSR count). The molecule has 28 heavy (non-hydrogen) atoms. The molecule has 1 aliphatic heterocycles. The van der Waals surface area contributed by atoms with E-state index in [0.29, 0.717) is 18.0 Å². The van der Waals surface area contributed by atoms with Gasteiger partial charge in [0.05, 0.1) is 12.2 Å². The molecule has 0 bridgehead atoms. The lowest BCUT2D eigenvalue weighted by atomic mass is 10.0. The summed E-state index contributed by atoms with van der Waals surface area (Å²) in [5.41, 5.74) is 10.6. The number of benzene rings is 2. The average molecular weight is 413 g/mol. The molecule has 1 aliphatic rings. The molecular formula is C21H21ClN4OS. The van der Waals surface area contributed by atoms with Crippen molar-refractivity contribution >= 4 is 28.8 Å². The van der Waals surface area contributed by atoms with E-state index in [4.69, 9.17) is 11.6 Å². The van der Waals surface area contributed by atoms with Crippen molar-refractivity contribution in [3.63, 3.8) is 0 Å². The van der Waals surface area contributed by atoms with Crippen LogP contribution in [0, 0.1) is 6.92 Å². The van der Waals surface area contributed by atoms with Crippen LogP contribution in [0.1, 0.15) is 28.6 Å². The first kappa shape index (κ1) is 19.1. The third-order valence-electron chi connectivity index (χ3n) is 4.80. The van der Waals surface area contributed by atoms with Gasteiger partial charge >= 0.3 is 0 Å². The van der Waals surface area contributed by atoms with Crippen molar-refractivity contribution in [1.82, 2.24) is 21.2 Å². The molecule has 5 nitrogen and oxygen atoms in total. The Morgan fingerprint density at radius 1 is 1.18 bits per heavy atom. The van der Waals surface area contributed by atoms with Gasteiger partial charge in [0.25, 0.3) is 0 Å². The lowest BCUT2D eigenvalue weighted by Gasteiger charge is -2.10. The number of aryl methyl sites for hydroxylation is 1. The number of hydrogen-bond acceptors (Lipinski definition) is 5. The van der Waals surface area contributed by atoms with Crippen molar-refractivity contribution in [3.05, 3.63) is 75.1 Å². The van der Waals surface area contributed by atoms with Crippen LogP contribution < -0.4 is 16.2 Å². The number of carbonyl (C=O) groups is 1. The maximum Gasteiger partial charge on any atom is 0.238 e. The van der Waals surface area contributed by atoms with E-state index in [1.54, 1.807) is 0 Å². The van der Waals surface area contributed by atoms with E-state index >= 15 is 0 Å². The first-order chi connectivity index (χ1) is 13.6. The Hall–Kier alpha value is -2.25. The van der Waals surface area contributed by atoms with Gasteiger partial charge in [0.15, 0.2) is 0 Å². The van der Waals surface area contributed by atoms with Gasteiger partial charge in [0, 0.05) is 22.0 Å². The number of hydrazine groups is 1. The third-order valence-corrected chi connectivity index (χ3v) is 5.91. The van der Waals surface area contributed by atoms with Crippen LogP contribution in [0.5, 0.6) is 0 Å². The number of nitrogens with zero attached hydrogens (tertiary/aromatic N) is 1. The molecular weight excluding hydrogens is 392 g/mol. The minimum absolute atomic E-state index is 0.0228. The topological polar surface area (TPSA) is 66.0 Å². The molecule has 3 N–H and O–H groups in total. The molecule has 1 amide bonds. The van der Waals surface area contributed by atoms with Crippen LogP contribution in [-0.4, -0.2) is 16.9 Å². The van der Waals surface area contributed by atoms with Gasteiger partial charge in [-0.3, -0.25) is 4.79 Å². The number of rotatable bonds is 5. The molecule has 3 aromatic rings. The van der Waals surface area contributed by atoms with Gasteiger partial charge < -0.3 is 5.32 Å². The maximum absolute atomic E-state index is 12.5. The number of thiazole rings is 1. The highest BCUT2D eigenvalue weighted by molar-refractivity contribution is 7.09. The van der Waals surface area contributed by atoms with Crippen molar-refractivity contribution in [2.45, 2.75) is 32.0 Å². The molecule has 0 radical (unpaired) electrons. The molecule has 2 unspecified atom stereocenters. The van der Waals surface area contributed by atoms with E-state index in [1.807, 2.05) is 29.6 Å². The molecule has 2 atom stereocenters. The number of amides is 1. The van der Waals surface area contributed by atoms with E-state index < -0.39 is 0 Å². The molecule has 144 valence electrons. The Morgan fingerprint density at radius 2 is 1.93 bits per heavy atom. The fraction of sp³-hybridized carbons (Fsp3) is 0.238. The smallest absolute Gasteiger partial charge is 0.238 e. The molecule has 1 fully saturated rings. The molecule has 0 saturated carbocycles. The molecule has 1 aromatic heterocycles. The zero-order chi connectivity index (χ0) is 19.5. The number of aromatic nitrogens is 1. The molecule has 1 saturated heterocycles. The Morgan fingerprint density at radius 3 is 2.68 bits per heavy atom. The largest absolute Gasteiger partial charge is 0.348 e. The quantitative estimate of drug-likeness (QED) is 0.592. The van der Waals surface area contributed by atoms with Gasteiger partial charge in [-0.25, -0.2) is 15.8 Å². The standard InChI is InChI=1S/C21H21ClN4OS/c1-13-2-4-14(5-3-13)17-10-18(26-25-17)21(27)23-11-20-24-19(12-28-20)15-6-8-16(22)9-7-15/h2-9,12,17-18,25-26H,10-11H2,1H3,(H,23,27). The predicted octanol–water partition coefficient (Wildman–Crippen LogP) is 4.00. The molecule has 2 heterocycles. The zero-order valence-electron chi connectivity index (χ0n) is 15.4. The van der Waals surface area contributed by atoms with Gasteiger partial charge in [-0.15, -0.1) is 11.3 Å². The van der Waals surface area contributed by atoms with Crippen LogP contribution in [0.15, 0.2) is 53.9 Å². The highest BCUT2D eigenvalue weighted by atomic mass is 35.5. The highest BCUT2D eigenvalue weighted by Gasteiger charge is 2.29. The van der Waals surface area contributed by atoms with Crippen LogP contribution in [0.4, 0.5) is 0 Å². The van der Waals surface area contributed by atoms with E-state index in [9.17, 15) is 4.79 Å². The number of hydrogen-bond donors (Lipinski definition) is 3. The lowest BCUT2D eigenvalue weighted by molar-refractivity contribution is -0.123. The summed E-state index contributed by atoms with van der Waals surface area (Å²) in [7, 11) is 0. The second-order valence-electron chi connectivity index (χ2n) is 6.89. The SMILES string of the molecule is Cc1ccc(C2CC(C(=O)NCc3nc(-c4ccc(Cl)cc4)cs3)NN2)cc1. The van der Waals surface area contributed by atoms with Gasteiger partial charge in [-0.05, 0) is 31.0 Å². The van der Waals surface area contributed by atoms with Gasteiger partial charge in [0.1, 0.15) is 11.0 Å². The summed E-state index contributed by atoms with van der Waals surface area (Å²) in [6.45, 7) is 2.49. The summed E-state index contributed by atoms with van der Waals surface area (Å²) in [6, 6.07) is 15.8. The number of halogens is 1. The third kappa shape index (κ3) is 4.42. The second kappa shape index (κ2) is 8.41. The van der Waals surface area contributed by atoms with E-state index in [1.165, 1.54) is 22.5 Å².